The van der Waals surface area contributed by atoms with E-state index in [1.807, 2.05) is 43.3 Å². The fourth-order valence-corrected chi connectivity index (χ4v) is 3.93. The first-order valence-electron chi connectivity index (χ1n) is 10.5. The van der Waals surface area contributed by atoms with Crippen LogP contribution in [0.4, 0.5) is 10.6 Å². The molecule has 11 heteroatoms. The molecule has 3 aromatic rings. The van der Waals surface area contributed by atoms with Gasteiger partial charge < -0.3 is 24.3 Å². The number of nitrogens with one attached hydrogen (secondary N) is 2. The average Bonchev–Trinajstić information content (AvgIpc) is 3.52. The summed E-state index contributed by atoms with van der Waals surface area (Å²) in [5.74, 6) is 0.262. The molecule has 0 radical (unpaired) electrons. The van der Waals surface area contributed by atoms with Gasteiger partial charge >= 0.3 is 6.03 Å². The largest absolute Gasteiger partial charge is 0.341 e. The number of amides is 2. The Morgan fingerprint density at radius 1 is 1.12 bits per heavy atom. The molecule has 2 amide bonds. The quantitative estimate of drug-likeness (QED) is 0.545. The van der Waals surface area contributed by atoms with E-state index in [1.165, 1.54) is 12.7 Å². The van der Waals surface area contributed by atoms with Crippen molar-refractivity contribution in [3.05, 3.63) is 54.6 Å². The number of benzene rings is 1. The number of hydrogen-bond donors (Lipinski definition) is 2. The average molecular weight is 450 g/mol. The number of hydrogen-bond acceptors (Lipinski definition) is 8. The molecule has 0 spiro atoms. The smallest absolute Gasteiger partial charge is 0.320 e. The van der Waals surface area contributed by atoms with Crippen LogP contribution in [-0.4, -0.2) is 63.0 Å². The molecule has 11 nitrogen and oxygen atoms in total. The van der Waals surface area contributed by atoms with Gasteiger partial charge in [0.25, 0.3) is 0 Å². The van der Waals surface area contributed by atoms with Gasteiger partial charge in [-0.2, -0.15) is 0 Å². The van der Waals surface area contributed by atoms with Gasteiger partial charge in [0.1, 0.15) is 24.6 Å². The van der Waals surface area contributed by atoms with Crippen molar-refractivity contribution in [1.29, 1.82) is 0 Å². The Labute approximate surface area is 188 Å². The van der Waals surface area contributed by atoms with Gasteiger partial charge in [-0.25, -0.2) is 19.7 Å². The predicted octanol–water partition coefficient (Wildman–Crippen LogP) is 1.89. The number of carbonyl (C=O) groups excluding carboxylic acids is 2. The van der Waals surface area contributed by atoms with Gasteiger partial charge in [0.15, 0.2) is 35.8 Å². The van der Waals surface area contributed by atoms with E-state index < -0.39 is 36.9 Å². The molecule has 170 valence electrons. The molecular formula is C22H22N6O5. The third-order valence-corrected chi connectivity index (χ3v) is 5.39. The normalized spacial score (nSPS) is 26.5. The molecule has 2 fully saturated rings. The minimum atomic E-state index is -0.803. The highest BCUT2D eigenvalue weighted by atomic mass is 16.8. The zero-order valence-corrected chi connectivity index (χ0v) is 17.7. The minimum Gasteiger partial charge on any atom is -0.341 e. The van der Waals surface area contributed by atoms with E-state index in [2.05, 4.69) is 25.6 Å². The number of nitrogens with zero attached hydrogens (tertiary/aromatic N) is 4. The Bertz CT molecular complexity index is 1180. The molecule has 0 bridgehead atoms. The molecule has 33 heavy (non-hydrogen) atoms. The maximum absolute atomic E-state index is 11.9. The Balaban J connectivity index is 1.40. The van der Waals surface area contributed by atoms with E-state index in [1.54, 1.807) is 10.6 Å². The highest BCUT2D eigenvalue weighted by molar-refractivity contribution is 5.95. The topological polar surface area (TPSA) is 129 Å². The van der Waals surface area contributed by atoms with Crippen molar-refractivity contribution in [3.8, 4) is 0 Å². The zero-order valence-electron chi connectivity index (χ0n) is 17.7. The summed E-state index contributed by atoms with van der Waals surface area (Å²) in [7, 11) is 0. The second-order valence-corrected chi connectivity index (χ2v) is 7.50. The molecule has 2 aliphatic heterocycles. The van der Waals surface area contributed by atoms with Crippen LogP contribution < -0.4 is 10.6 Å². The fraction of sp³-hybridized carbons (Fsp3) is 0.318. The number of imidazole rings is 1. The van der Waals surface area contributed by atoms with Crippen molar-refractivity contribution in [3.63, 3.8) is 0 Å². The Morgan fingerprint density at radius 3 is 2.73 bits per heavy atom. The molecule has 0 saturated carbocycles. The maximum Gasteiger partial charge on any atom is 0.320 e. The molecule has 5 atom stereocenters. The predicted molar refractivity (Wildman–Crippen MR) is 117 cm³/mol. The van der Waals surface area contributed by atoms with Gasteiger partial charge in [-0.3, -0.25) is 9.88 Å². The molecule has 0 aliphatic carbocycles. The van der Waals surface area contributed by atoms with Crippen molar-refractivity contribution >= 4 is 35.4 Å². The molecule has 2 aliphatic rings. The minimum absolute atomic E-state index is 0.262. The lowest BCUT2D eigenvalue weighted by molar-refractivity contribution is -0.140. The van der Waals surface area contributed by atoms with Gasteiger partial charge in [-0.1, -0.05) is 36.4 Å². The molecule has 2 N–H and O–H groups in total. The van der Waals surface area contributed by atoms with Crippen LogP contribution >= 0.6 is 0 Å². The van der Waals surface area contributed by atoms with Gasteiger partial charge in [-0.05, 0) is 18.6 Å². The lowest BCUT2D eigenvalue weighted by Crippen LogP contribution is -2.29. The van der Waals surface area contributed by atoms with Crippen molar-refractivity contribution in [1.82, 2.24) is 24.8 Å². The highest BCUT2D eigenvalue weighted by Crippen LogP contribution is 2.40. The van der Waals surface area contributed by atoms with Gasteiger partial charge in [0.2, 0.25) is 0 Å². The number of carbonyl (C=O) groups is 2. The van der Waals surface area contributed by atoms with Crippen LogP contribution in [0.15, 0.2) is 49.1 Å². The molecule has 5 rings (SSSR count). The van der Waals surface area contributed by atoms with E-state index in [4.69, 9.17) is 14.2 Å². The number of aldehydes is 1. The second-order valence-electron chi connectivity index (χ2n) is 7.50. The van der Waals surface area contributed by atoms with E-state index in [9.17, 15) is 9.59 Å². The van der Waals surface area contributed by atoms with Crippen LogP contribution in [0, 0.1) is 0 Å². The van der Waals surface area contributed by atoms with Crippen LogP contribution in [0.1, 0.15) is 18.7 Å². The standard InChI is InChI=1S/C22H22N6O5/c1-2-23-22(30)27-19-16-20(25-11-24-19)28(12-26-16)21-18-17(14(10-29)31-21)32-15(33-18)9-8-13-6-4-3-5-7-13/h3-12,14-15,17-18,21H,2H2,1H3,(H2,23,24,25,27,30)/t14-,15+,17?,18+,21-/m1/s1. The summed E-state index contributed by atoms with van der Waals surface area (Å²) < 4.78 is 19.6. The molecule has 2 aromatic heterocycles. The lowest BCUT2D eigenvalue weighted by atomic mass is 10.1. The van der Waals surface area contributed by atoms with Crippen molar-refractivity contribution in [2.24, 2.45) is 0 Å². The lowest BCUT2D eigenvalue weighted by Gasteiger charge is -2.19. The Morgan fingerprint density at radius 2 is 1.94 bits per heavy atom. The van der Waals surface area contributed by atoms with E-state index in [0.29, 0.717) is 24.0 Å². The Hall–Kier alpha value is -3.67. The van der Waals surface area contributed by atoms with Crippen molar-refractivity contribution < 1.29 is 23.8 Å². The van der Waals surface area contributed by atoms with Gasteiger partial charge in [0.05, 0.1) is 6.33 Å². The third kappa shape index (κ3) is 4.09. The first-order chi connectivity index (χ1) is 16.2. The first-order valence-corrected chi connectivity index (χ1v) is 10.5. The zero-order chi connectivity index (χ0) is 22.8. The molecule has 4 heterocycles. The summed E-state index contributed by atoms with van der Waals surface area (Å²) in [6, 6.07) is 9.37. The SMILES string of the molecule is CCNC(=O)Nc1ncnc2c1ncn2[C@@H]1O[C@H](C=O)C2O[C@H](C=Cc3ccccc3)O[C@@H]21. The number of ether oxygens (including phenoxy) is 3. The maximum atomic E-state index is 11.9. The van der Waals surface area contributed by atoms with Crippen LogP contribution in [0.25, 0.3) is 17.2 Å². The van der Waals surface area contributed by atoms with Crippen molar-refractivity contribution in [2.75, 3.05) is 11.9 Å². The highest BCUT2D eigenvalue weighted by Gasteiger charge is 2.53. The van der Waals surface area contributed by atoms with Gasteiger partial charge in [0, 0.05) is 6.54 Å². The molecule has 1 unspecified atom stereocenters. The third-order valence-electron chi connectivity index (χ3n) is 5.39. The number of rotatable bonds is 6. The second kappa shape index (κ2) is 9.06. The number of fused-ring (bicyclic) bond motifs is 2. The van der Waals surface area contributed by atoms with E-state index >= 15 is 0 Å². The number of urea groups is 1. The monoisotopic (exact) mass is 450 g/mol. The van der Waals surface area contributed by atoms with Crippen LogP contribution in [0.5, 0.6) is 0 Å². The van der Waals surface area contributed by atoms with Crippen LogP contribution in [0.2, 0.25) is 0 Å². The van der Waals surface area contributed by atoms with Crippen LogP contribution in [0.3, 0.4) is 0 Å². The summed E-state index contributed by atoms with van der Waals surface area (Å²) in [6.45, 7) is 2.28. The summed E-state index contributed by atoms with van der Waals surface area (Å²) in [5, 5.41) is 5.30. The fourth-order valence-electron chi connectivity index (χ4n) is 3.93. The number of aromatic nitrogens is 4. The molecule has 1 aromatic carbocycles. The summed E-state index contributed by atoms with van der Waals surface area (Å²) >= 11 is 0. The molecule has 2 saturated heterocycles. The van der Waals surface area contributed by atoms with Crippen LogP contribution in [-0.2, 0) is 19.0 Å². The van der Waals surface area contributed by atoms with Gasteiger partial charge in [-0.15, -0.1) is 0 Å². The summed E-state index contributed by atoms with van der Waals surface area (Å²) in [6.07, 6.45) is 3.99. The summed E-state index contributed by atoms with van der Waals surface area (Å²) in [4.78, 5) is 36.4. The number of anilines is 1. The summed E-state index contributed by atoms with van der Waals surface area (Å²) in [5.41, 5.74) is 1.82. The van der Waals surface area contributed by atoms with E-state index in [-0.39, 0.29) is 5.82 Å². The van der Waals surface area contributed by atoms with E-state index in [0.717, 1.165) is 5.56 Å². The first kappa shape index (κ1) is 21.2. The molecular weight excluding hydrogens is 428 g/mol. The van der Waals surface area contributed by atoms with Crippen molar-refractivity contribution in [2.45, 2.75) is 37.8 Å². The Kier molecular flexibility index (Phi) is 5.82.